The smallest absolute Gasteiger partial charge is 0.330 e. The molecule has 0 aromatic rings. The van der Waals surface area contributed by atoms with Crippen molar-refractivity contribution >= 4 is 17.9 Å². The largest absolute Gasteiger partial charge is 0.463 e. The summed E-state index contributed by atoms with van der Waals surface area (Å²) in [5.41, 5.74) is -0.417. The lowest BCUT2D eigenvalue weighted by Crippen LogP contribution is -2.38. The van der Waals surface area contributed by atoms with Crippen LogP contribution in [-0.2, 0) is 57.0 Å². The molecule has 0 aliphatic rings. The SMILES string of the molecule is C=CCC(=O)OCCOCCOCC(CC)(COCCOCCOC(=O)C=C)COCCOCCOC(=O)C=C. The highest BCUT2D eigenvalue weighted by Crippen LogP contribution is 2.24. The van der Waals surface area contributed by atoms with Gasteiger partial charge in [0.1, 0.15) is 19.8 Å². The Balaban J connectivity index is 4.38. The van der Waals surface area contributed by atoms with Crippen molar-refractivity contribution in [3.63, 3.8) is 0 Å². The molecule has 0 aromatic carbocycles. The summed E-state index contributed by atoms with van der Waals surface area (Å²) in [7, 11) is 0. The Labute approximate surface area is 237 Å². The maximum absolute atomic E-state index is 11.3. The molecule has 0 aliphatic carbocycles. The number of carbonyl (C=O) groups excluding carboxylic acids is 3. The van der Waals surface area contributed by atoms with Crippen LogP contribution >= 0.6 is 0 Å². The molecule has 0 N–H and O–H groups in total. The predicted molar refractivity (Wildman–Crippen MR) is 146 cm³/mol. The second-order valence-corrected chi connectivity index (χ2v) is 8.30. The molecule has 40 heavy (non-hydrogen) atoms. The van der Waals surface area contributed by atoms with E-state index in [0.717, 1.165) is 18.6 Å². The minimum atomic E-state index is -0.494. The maximum atomic E-state index is 11.3. The van der Waals surface area contributed by atoms with E-state index in [2.05, 4.69) is 19.7 Å². The van der Waals surface area contributed by atoms with Gasteiger partial charge in [0.05, 0.1) is 85.7 Å². The number of hydrogen-bond donors (Lipinski definition) is 0. The first-order chi connectivity index (χ1) is 19.4. The van der Waals surface area contributed by atoms with Gasteiger partial charge in [0.15, 0.2) is 0 Å². The van der Waals surface area contributed by atoms with Gasteiger partial charge in [0.2, 0.25) is 0 Å². The Bertz CT molecular complexity index is 673. The monoisotopic (exact) mass is 574 g/mol. The number of hydrogen-bond acceptors (Lipinski definition) is 12. The molecular formula is C28H46O12. The third-order valence-electron chi connectivity index (χ3n) is 5.17. The van der Waals surface area contributed by atoms with Crippen molar-refractivity contribution in [1.82, 2.24) is 0 Å². The van der Waals surface area contributed by atoms with Gasteiger partial charge in [0.25, 0.3) is 0 Å². The standard InChI is InChI=1S/C28H46O12/c1-5-9-27(31)40-21-18-34-12-15-37-24-28(8-4,22-35-13-10-32-16-19-38-25(29)6-2)23-36-14-11-33-17-20-39-26(30)7-3/h5-7H,1-3,8-24H2,4H3. The summed E-state index contributed by atoms with van der Waals surface area (Å²) in [5, 5.41) is 0. The van der Waals surface area contributed by atoms with Gasteiger partial charge in [-0.3, -0.25) is 4.79 Å². The van der Waals surface area contributed by atoms with Gasteiger partial charge in [-0.2, -0.15) is 0 Å². The van der Waals surface area contributed by atoms with Crippen molar-refractivity contribution in [2.45, 2.75) is 19.8 Å². The van der Waals surface area contributed by atoms with E-state index in [1.54, 1.807) is 0 Å². The van der Waals surface area contributed by atoms with E-state index >= 15 is 0 Å². The summed E-state index contributed by atoms with van der Waals surface area (Å²) >= 11 is 0. The molecule has 0 bridgehead atoms. The highest BCUT2D eigenvalue weighted by molar-refractivity contribution is 5.81. The van der Waals surface area contributed by atoms with Crippen molar-refractivity contribution in [3.8, 4) is 0 Å². The van der Waals surface area contributed by atoms with Crippen LogP contribution < -0.4 is 0 Å². The molecule has 0 atom stereocenters. The van der Waals surface area contributed by atoms with Crippen LogP contribution in [0.25, 0.3) is 0 Å². The first-order valence-electron chi connectivity index (χ1n) is 13.2. The fourth-order valence-electron chi connectivity index (χ4n) is 2.87. The lowest BCUT2D eigenvalue weighted by molar-refractivity contribution is -0.144. The van der Waals surface area contributed by atoms with E-state index in [-0.39, 0.29) is 52.0 Å². The molecule has 0 saturated heterocycles. The van der Waals surface area contributed by atoms with Gasteiger partial charge in [0, 0.05) is 17.6 Å². The van der Waals surface area contributed by atoms with Gasteiger partial charge >= 0.3 is 17.9 Å². The summed E-state index contributed by atoms with van der Waals surface area (Å²) in [4.78, 5) is 33.3. The van der Waals surface area contributed by atoms with Gasteiger partial charge in [-0.05, 0) is 6.42 Å². The van der Waals surface area contributed by atoms with Crippen LogP contribution in [-0.4, -0.2) is 117 Å². The zero-order valence-electron chi connectivity index (χ0n) is 23.8. The molecule has 0 fully saturated rings. The zero-order chi connectivity index (χ0) is 29.7. The van der Waals surface area contributed by atoms with Crippen LogP contribution in [0.2, 0.25) is 0 Å². The number of ether oxygens (including phenoxy) is 9. The molecule has 0 aliphatic heterocycles. The molecule has 0 saturated carbocycles. The number of rotatable bonds is 29. The molecule has 230 valence electrons. The average molecular weight is 575 g/mol. The molecule has 0 radical (unpaired) electrons. The van der Waals surface area contributed by atoms with Gasteiger partial charge < -0.3 is 42.6 Å². The van der Waals surface area contributed by atoms with E-state index in [0.29, 0.717) is 59.5 Å². The Morgan fingerprint density at radius 1 is 0.550 bits per heavy atom. The summed E-state index contributed by atoms with van der Waals surface area (Å²) in [6, 6.07) is 0. The lowest BCUT2D eigenvalue weighted by Gasteiger charge is -2.32. The summed E-state index contributed by atoms with van der Waals surface area (Å²) in [6.07, 6.45) is 4.57. The van der Waals surface area contributed by atoms with Crippen LogP contribution in [0.4, 0.5) is 0 Å². The Kier molecular flexibility index (Phi) is 24.9. The second-order valence-electron chi connectivity index (χ2n) is 8.30. The molecule has 0 spiro atoms. The predicted octanol–water partition coefficient (Wildman–Crippen LogP) is 2.06. The van der Waals surface area contributed by atoms with Crippen molar-refractivity contribution in [3.05, 3.63) is 38.0 Å². The Morgan fingerprint density at radius 2 is 0.900 bits per heavy atom. The molecule has 12 nitrogen and oxygen atoms in total. The molecule has 12 heteroatoms. The normalized spacial score (nSPS) is 11.0. The third-order valence-corrected chi connectivity index (χ3v) is 5.17. The lowest BCUT2D eigenvalue weighted by atomic mass is 9.88. The number of esters is 3. The Hall–Kier alpha value is -2.61. The molecule has 0 aromatic heterocycles. The Morgan fingerprint density at radius 3 is 1.25 bits per heavy atom. The summed E-state index contributed by atoms with van der Waals surface area (Å²) in [6.45, 7) is 16.6. The van der Waals surface area contributed by atoms with Crippen LogP contribution in [0.1, 0.15) is 19.8 Å². The maximum Gasteiger partial charge on any atom is 0.330 e. The summed E-state index contributed by atoms with van der Waals surface area (Å²) < 4.78 is 48.5. The van der Waals surface area contributed by atoms with Gasteiger partial charge in [-0.25, -0.2) is 9.59 Å². The van der Waals surface area contributed by atoms with E-state index in [1.165, 1.54) is 6.08 Å². The van der Waals surface area contributed by atoms with Crippen LogP contribution in [0.3, 0.4) is 0 Å². The quantitative estimate of drug-likeness (QED) is 0.0425. The molecule has 0 heterocycles. The molecular weight excluding hydrogens is 528 g/mol. The highest BCUT2D eigenvalue weighted by atomic mass is 16.6. The average Bonchev–Trinajstić information content (AvgIpc) is 2.96. The van der Waals surface area contributed by atoms with E-state index in [4.69, 9.17) is 42.6 Å². The van der Waals surface area contributed by atoms with Crippen LogP contribution in [0.15, 0.2) is 38.0 Å². The summed E-state index contributed by atoms with van der Waals surface area (Å²) in [5.74, 6) is -1.33. The van der Waals surface area contributed by atoms with E-state index < -0.39 is 17.4 Å². The van der Waals surface area contributed by atoms with E-state index in [9.17, 15) is 14.4 Å². The first kappa shape index (κ1) is 37.4. The molecule has 0 unspecified atom stereocenters. The fraction of sp³-hybridized carbons (Fsp3) is 0.679. The second kappa shape index (κ2) is 26.6. The topological polar surface area (TPSA) is 134 Å². The van der Waals surface area contributed by atoms with Crippen LogP contribution in [0.5, 0.6) is 0 Å². The van der Waals surface area contributed by atoms with Crippen molar-refractivity contribution in [2.24, 2.45) is 5.41 Å². The minimum Gasteiger partial charge on any atom is -0.463 e. The zero-order valence-corrected chi connectivity index (χ0v) is 23.8. The fourth-order valence-corrected chi connectivity index (χ4v) is 2.87. The highest BCUT2D eigenvalue weighted by Gasteiger charge is 2.30. The van der Waals surface area contributed by atoms with Gasteiger partial charge in [-0.1, -0.05) is 26.2 Å². The van der Waals surface area contributed by atoms with Gasteiger partial charge in [-0.15, -0.1) is 6.58 Å². The number of carbonyl (C=O) groups is 3. The van der Waals surface area contributed by atoms with E-state index in [1.807, 2.05) is 6.92 Å². The molecule has 0 amide bonds. The third kappa shape index (κ3) is 22.2. The van der Waals surface area contributed by atoms with Crippen molar-refractivity contribution < 1.29 is 57.0 Å². The van der Waals surface area contributed by atoms with Crippen LogP contribution in [0, 0.1) is 5.41 Å². The van der Waals surface area contributed by atoms with Crippen molar-refractivity contribution in [1.29, 1.82) is 0 Å². The first-order valence-corrected chi connectivity index (χ1v) is 13.2. The minimum absolute atomic E-state index is 0.142. The molecule has 0 rings (SSSR count). The van der Waals surface area contributed by atoms with Crippen molar-refractivity contribution in [2.75, 3.05) is 99.1 Å².